The zero-order chi connectivity index (χ0) is 28.8. The highest BCUT2D eigenvalue weighted by Crippen LogP contribution is 2.49. The molecule has 0 saturated carbocycles. The van der Waals surface area contributed by atoms with Crippen molar-refractivity contribution in [2.24, 2.45) is 11.7 Å². The van der Waals surface area contributed by atoms with Gasteiger partial charge in [-0.05, 0) is 38.8 Å². The molecule has 0 bridgehead atoms. The Morgan fingerprint density at radius 1 is 1.13 bits per heavy atom. The summed E-state index contributed by atoms with van der Waals surface area (Å²) in [7, 11) is 1.35. The number of ketones is 3. The van der Waals surface area contributed by atoms with Crippen molar-refractivity contribution < 1.29 is 43.9 Å². The minimum Gasteiger partial charge on any atom is -0.508 e. The summed E-state index contributed by atoms with van der Waals surface area (Å²) in [5, 5.41) is 33.7. The maximum Gasteiger partial charge on any atom is 0.201 e. The van der Waals surface area contributed by atoms with Crippen molar-refractivity contribution in [2.75, 3.05) is 7.11 Å². The van der Waals surface area contributed by atoms with Crippen LogP contribution >= 0.6 is 0 Å². The van der Waals surface area contributed by atoms with Gasteiger partial charge in [0.05, 0.1) is 30.4 Å². The third kappa shape index (κ3) is 5.17. The normalized spacial score (nSPS) is 28.4. The second-order valence-corrected chi connectivity index (χ2v) is 10.6. The van der Waals surface area contributed by atoms with Crippen LogP contribution in [0.4, 0.5) is 0 Å². The number of rotatable bonds is 7. The average molecular weight is 542 g/mol. The topological polar surface area (TPSA) is 166 Å². The van der Waals surface area contributed by atoms with Crippen LogP contribution in [0.5, 0.6) is 17.2 Å². The molecule has 10 heteroatoms. The van der Waals surface area contributed by atoms with Gasteiger partial charge in [0.2, 0.25) is 5.78 Å². The van der Waals surface area contributed by atoms with E-state index in [1.54, 1.807) is 6.07 Å². The molecule has 10 nitrogen and oxygen atoms in total. The van der Waals surface area contributed by atoms with Crippen molar-refractivity contribution in [3.8, 4) is 17.2 Å². The van der Waals surface area contributed by atoms with E-state index >= 15 is 0 Å². The molecule has 0 aromatic heterocycles. The van der Waals surface area contributed by atoms with Gasteiger partial charge in [-0.3, -0.25) is 14.4 Å². The van der Waals surface area contributed by atoms with E-state index in [9.17, 15) is 29.7 Å². The Morgan fingerprint density at radius 2 is 1.82 bits per heavy atom. The highest BCUT2D eigenvalue weighted by molar-refractivity contribution is 6.18. The number of aliphatic hydroxyl groups is 1. The molecule has 1 aliphatic heterocycles. The summed E-state index contributed by atoms with van der Waals surface area (Å²) in [6.45, 7) is 6.36. The lowest BCUT2D eigenvalue weighted by Crippen LogP contribution is -2.49. The maximum atomic E-state index is 13.8. The molecular weight excluding hydrogens is 506 g/mol. The largest absolute Gasteiger partial charge is 0.508 e. The van der Waals surface area contributed by atoms with Crippen molar-refractivity contribution in [1.29, 1.82) is 0 Å². The quantitative estimate of drug-likeness (QED) is 0.302. The van der Waals surface area contributed by atoms with Crippen molar-refractivity contribution in [1.82, 2.24) is 0 Å². The van der Waals surface area contributed by atoms with Crippen LogP contribution in [0.2, 0.25) is 0 Å². The number of ether oxygens (including phenoxy) is 3. The van der Waals surface area contributed by atoms with Gasteiger partial charge in [-0.15, -0.1) is 0 Å². The standard InChI is InChI=1S/C29H35NO9/c1-13-15(3)38-24(10-20(13)30)39-23-12-29(36,16(4)32)11-19-21(33)9-18(28(35)26(19)23)27(34)25-17(14(2)31)7-6-8-22(25)37-5/h6-9,13,15,20,23-24,33,35-36H,10-12,30H2,1-5H3/t13?,15-,20-,23-,24-,29-/m0/s1. The van der Waals surface area contributed by atoms with Crippen molar-refractivity contribution >= 4 is 17.3 Å². The maximum absolute atomic E-state index is 13.8. The Bertz CT molecular complexity index is 1310. The molecule has 210 valence electrons. The predicted octanol–water partition coefficient (Wildman–Crippen LogP) is 2.96. The van der Waals surface area contributed by atoms with Crippen LogP contribution in [-0.4, -0.2) is 63.8 Å². The summed E-state index contributed by atoms with van der Waals surface area (Å²) in [5.41, 5.74) is 4.25. The smallest absolute Gasteiger partial charge is 0.201 e. The van der Waals surface area contributed by atoms with Crippen molar-refractivity contribution in [3.05, 3.63) is 52.1 Å². The minimum atomic E-state index is -1.88. The average Bonchev–Trinajstić information content (AvgIpc) is 2.88. The fourth-order valence-electron chi connectivity index (χ4n) is 5.42. The Morgan fingerprint density at radius 3 is 2.41 bits per heavy atom. The van der Waals surface area contributed by atoms with Crippen LogP contribution in [0.1, 0.15) is 84.0 Å². The van der Waals surface area contributed by atoms with Crippen LogP contribution in [0.25, 0.3) is 0 Å². The molecule has 2 aromatic rings. The SMILES string of the molecule is COc1cccc(C(C)=O)c1C(=O)c1cc(O)c2c(c1O)[C@@H](O[C@H]1C[C@H](N)C(C)[C@H](C)O1)C[C@](O)(C(C)=O)C2. The van der Waals surface area contributed by atoms with Gasteiger partial charge in [0.25, 0.3) is 0 Å². The van der Waals surface area contributed by atoms with Crippen molar-refractivity contribution in [3.63, 3.8) is 0 Å². The van der Waals surface area contributed by atoms with E-state index in [1.165, 1.54) is 33.1 Å². The van der Waals surface area contributed by atoms with E-state index in [0.29, 0.717) is 6.42 Å². The van der Waals surface area contributed by atoms with E-state index in [4.69, 9.17) is 19.9 Å². The Labute approximate surface area is 226 Å². The molecule has 0 radical (unpaired) electrons. The predicted molar refractivity (Wildman–Crippen MR) is 140 cm³/mol. The Kier molecular flexibility index (Phi) is 7.86. The molecule has 6 atom stereocenters. The van der Waals surface area contributed by atoms with E-state index in [0.717, 1.165) is 6.07 Å². The van der Waals surface area contributed by atoms with Gasteiger partial charge >= 0.3 is 0 Å². The number of carbonyl (C=O) groups is 3. The zero-order valence-electron chi connectivity index (χ0n) is 22.7. The number of hydrogen-bond donors (Lipinski definition) is 4. The molecule has 1 unspecified atom stereocenters. The summed E-state index contributed by atoms with van der Waals surface area (Å²) < 4.78 is 17.5. The summed E-state index contributed by atoms with van der Waals surface area (Å²) in [6, 6.07) is 5.38. The number of phenols is 2. The summed E-state index contributed by atoms with van der Waals surface area (Å²) in [4.78, 5) is 38.5. The second-order valence-electron chi connectivity index (χ2n) is 10.6. The molecular formula is C29H35NO9. The Hall–Kier alpha value is -3.31. The minimum absolute atomic E-state index is 0.0620. The first-order valence-corrected chi connectivity index (χ1v) is 12.9. The number of phenolic OH excluding ortho intramolecular Hbond substituents is 2. The third-order valence-electron chi connectivity index (χ3n) is 8.06. The van der Waals surface area contributed by atoms with Gasteiger partial charge in [0.15, 0.2) is 17.9 Å². The molecule has 1 heterocycles. The lowest BCUT2D eigenvalue weighted by Gasteiger charge is -2.42. The van der Waals surface area contributed by atoms with Crippen LogP contribution in [0.3, 0.4) is 0 Å². The molecule has 2 aromatic carbocycles. The second kappa shape index (κ2) is 10.7. The Balaban J connectivity index is 1.85. The number of carbonyl (C=O) groups excluding carboxylic acids is 3. The monoisotopic (exact) mass is 541 g/mol. The summed E-state index contributed by atoms with van der Waals surface area (Å²) >= 11 is 0. The molecule has 5 N–H and O–H groups in total. The lowest BCUT2D eigenvalue weighted by atomic mass is 9.75. The fraction of sp³-hybridized carbons (Fsp3) is 0.483. The van der Waals surface area contributed by atoms with Gasteiger partial charge in [0.1, 0.15) is 22.8 Å². The first-order chi connectivity index (χ1) is 18.3. The number of methoxy groups -OCH3 is 1. The summed E-state index contributed by atoms with van der Waals surface area (Å²) in [5.74, 6) is -2.40. The van der Waals surface area contributed by atoms with Crippen LogP contribution in [-0.2, 0) is 20.7 Å². The van der Waals surface area contributed by atoms with Crippen LogP contribution < -0.4 is 10.5 Å². The van der Waals surface area contributed by atoms with E-state index in [1.807, 2.05) is 13.8 Å². The molecule has 2 aliphatic rings. The number of nitrogens with two attached hydrogens (primary N) is 1. The van der Waals surface area contributed by atoms with Gasteiger partial charge in [-0.25, -0.2) is 0 Å². The van der Waals surface area contributed by atoms with Crippen molar-refractivity contribution in [2.45, 2.75) is 77.1 Å². The van der Waals surface area contributed by atoms with Gasteiger partial charge in [-0.1, -0.05) is 19.1 Å². The lowest BCUT2D eigenvalue weighted by molar-refractivity contribution is -0.236. The molecule has 4 rings (SSSR count). The molecule has 1 fully saturated rings. The van der Waals surface area contributed by atoms with Crippen LogP contribution in [0, 0.1) is 5.92 Å². The van der Waals surface area contributed by atoms with E-state index in [2.05, 4.69) is 0 Å². The molecule has 39 heavy (non-hydrogen) atoms. The number of hydrogen-bond acceptors (Lipinski definition) is 10. The number of benzene rings is 2. The first kappa shape index (κ1) is 28.7. The highest BCUT2D eigenvalue weighted by Gasteiger charge is 2.46. The zero-order valence-corrected chi connectivity index (χ0v) is 22.7. The molecule has 1 aliphatic carbocycles. The number of Topliss-reactive ketones (excluding diaryl/α,β-unsaturated/α-hetero) is 2. The van der Waals surface area contributed by atoms with Crippen LogP contribution in [0.15, 0.2) is 24.3 Å². The fourth-order valence-corrected chi connectivity index (χ4v) is 5.42. The first-order valence-electron chi connectivity index (χ1n) is 12.9. The number of aromatic hydroxyl groups is 2. The van der Waals surface area contributed by atoms with Gasteiger partial charge < -0.3 is 35.3 Å². The van der Waals surface area contributed by atoms with E-state index in [-0.39, 0.29) is 70.3 Å². The van der Waals surface area contributed by atoms with Gasteiger partial charge in [-0.2, -0.15) is 0 Å². The third-order valence-corrected chi connectivity index (χ3v) is 8.06. The molecule has 1 saturated heterocycles. The number of fused-ring (bicyclic) bond motifs is 1. The molecule has 0 amide bonds. The van der Waals surface area contributed by atoms with E-state index < -0.39 is 41.1 Å². The summed E-state index contributed by atoms with van der Waals surface area (Å²) in [6.07, 6.45) is -2.39. The molecule has 0 spiro atoms. The van der Waals surface area contributed by atoms with Gasteiger partial charge in [0, 0.05) is 42.0 Å². The highest BCUT2D eigenvalue weighted by atomic mass is 16.7.